The maximum absolute atomic E-state index is 12.2. The second kappa shape index (κ2) is 24.5. The lowest BCUT2D eigenvalue weighted by Gasteiger charge is -2.26. The predicted molar refractivity (Wildman–Crippen MR) is 139 cm³/mol. The van der Waals surface area contributed by atoms with Gasteiger partial charge in [0.15, 0.2) is 0 Å². The van der Waals surface area contributed by atoms with E-state index in [0.29, 0.717) is 12.8 Å². The molecule has 3 atom stereocenters. The largest absolute Gasteiger partial charge is 0.394 e. The first-order valence-electron chi connectivity index (χ1n) is 14.3. The van der Waals surface area contributed by atoms with Gasteiger partial charge >= 0.3 is 0 Å². The highest BCUT2D eigenvalue weighted by atomic mass is 16.3. The van der Waals surface area contributed by atoms with E-state index in [1.807, 2.05) is 0 Å². The molecule has 0 rings (SSSR count). The summed E-state index contributed by atoms with van der Waals surface area (Å²) in [5.74, 6) is -0.150. The van der Waals surface area contributed by atoms with Crippen LogP contribution in [0.15, 0.2) is 0 Å². The summed E-state index contributed by atoms with van der Waals surface area (Å²) in [6.45, 7) is 4.10. The number of carbonyl (C=O) groups is 1. The third kappa shape index (κ3) is 20.4. The highest BCUT2D eigenvalue weighted by Crippen LogP contribution is 2.14. The first-order valence-corrected chi connectivity index (χ1v) is 14.3. The summed E-state index contributed by atoms with van der Waals surface area (Å²) in [6, 6.07) is -0.797. The monoisotopic (exact) mass is 471 g/mol. The van der Waals surface area contributed by atoms with E-state index in [0.717, 1.165) is 38.5 Å². The number of hydrogen-bond acceptors (Lipinski definition) is 4. The zero-order valence-corrected chi connectivity index (χ0v) is 22.0. The van der Waals surface area contributed by atoms with Crippen molar-refractivity contribution >= 4 is 5.91 Å². The number of aliphatic hydroxyl groups is 3. The van der Waals surface area contributed by atoms with Crippen molar-refractivity contribution in [2.75, 3.05) is 6.61 Å². The fourth-order valence-electron chi connectivity index (χ4n) is 4.39. The first-order chi connectivity index (χ1) is 16.1. The molecule has 1 amide bonds. The number of rotatable bonds is 25. The van der Waals surface area contributed by atoms with Gasteiger partial charge in [0.2, 0.25) is 5.91 Å². The zero-order chi connectivity index (χ0) is 24.6. The van der Waals surface area contributed by atoms with Gasteiger partial charge in [-0.1, -0.05) is 129 Å². The van der Waals surface area contributed by atoms with Crippen molar-refractivity contribution in [3.05, 3.63) is 0 Å². The Labute approximate surface area is 205 Å². The Morgan fingerprint density at radius 1 is 0.636 bits per heavy atom. The number of unbranched alkanes of at least 4 members (excludes halogenated alkanes) is 17. The topological polar surface area (TPSA) is 89.8 Å². The van der Waals surface area contributed by atoms with Crippen LogP contribution in [0.2, 0.25) is 0 Å². The molecule has 0 spiro atoms. The maximum atomic E-state index is 12.2. The van der Waals surface area contributed by atoms with Crippen molar-refractivity contribution in [1.82, 2.24) is 5.32 Å². The van der Waals surface area contributed by atoms with Crippen molar-refractivity contribution in [2.45, 2.75) is 167 Å². The molecule has 0 aromatic heterocycles. The molecular weight excluding hydrogens is 414 g/mol. The van der Waals surface area contributed by atoms with E-state index < -0.39 is 18.2 Å². The van der Waals surface area contributed by atoms with Crippen LogP contribution in [0.3, 0.4) is 0 Å². The van der Waals surface area contributed by atoms with Crippen LogP contribution >= 0.6 is 0 Å². The van der Waals surface area contributed by atoms with E-state index in [-0.39, 0.29) is 12.5 Å². The van der Waals surface area contributed by atoms with Crippen LogP contribution in [-0.2, 0) is 4.79 Å². The molecule has 0 saturated heterocycles. The molecule has 0 saturated carbocycles. The van der Waals surface area contributed by atoms with E-state index in [1.54, 1.807) is 0 Å². The minimum absolute atomic E-state index is 0.150. The Hall–Kier alpha value is -0.650. The molecule has 0 unspecified atom stereocenters. The normalized spacial score (nSPS) is 14.2. The highest BCUT2D eigenvalue weighted by molar-refractivity contribution is 5.76. The van der Waals surface area contributed by atoms with E-state index in [2.05, 4.69) is 19.2 Å². The standard InChI is InChI=1S/C28H57NO4/c1-3-5-7-9-11-13-14-15-17-19-21-23-27(32)29-25(24-30)28(33)26(31)22-20-18-16-12-10-8-6-4-2/h25-26,28,30-31,33H,3-24H2,1-2H3,(H,29,32)/t25-,26+,28-/m0/s1. The molecule has 0 aromatic rings. The molecular formula is C28H57NO4. The predicted octanol–water partition coefficient (Wildman–Crippen LogP) is 6.42. The molecule has 198 valence electrons. The van der Waals surface area contributed by atoms with Crippen molar-refractivity contribution in [2.24, 2.45) is 0 Å². The fourth-order valence-corrected chi connectivity index (χ4v) is 4.39. The Morgan fingerprint density at radius 2 is 1.03 bits per heavy atom. The molecule has 0 heterocycles. The van der Waals surface area contributed by atoms with Crippen LogP contribution in [0.25, 0.3) is 0 Å². The SMILES string of the molecule is CCCCCCCCCCCCCC(=O)N[C@@H](CO)[C@H](O)[C@H](O)CCCCCCCCCC. The van der Waals surface area contributed by atoms with Crippen molar-refractivity contribution < 1.29 is 20.1 Å². The molecule has 0 radical (unpaired) electrons. The second-order valence-electron chi connectivity index (χ2n) is 9.96. The smallest absolute Gasteiger partial charge is 0.220 e. The molecule has 33 heavy (non-hydrogen) atoms. The van der Waals surface area contributed by atoms with Crippen LogP contribution in [0, 0.1) is 0 Å². The summed E-state index contributed by atoms with van der Waals surface area (Å²) >= 11 is 0. The summed E-state index contributed by atoms with van der Waals surface area (Å²) in [4.78, 5) is 12.2. The average Bonchev–Trinajstić information content (AvgIpc) is 2.82. The van der Waals surface area contributed by atoms with Crippen LogP contribution in [0.1, 0.15) is 149 Å². The molecule has 0 fully saturated rings. The Kier molecular flexibility index (Phi) is 24.0. The lowest BCUT2D eigenvalue weighted by atomic mass is 9.99. The average molecular weight is 472 g/mol. The molecule has 5 heteroatoms. The third-order valence-corrected chi connectivity index (χ3v) is 6.71. The first kappa shape index (κ1) is 32.4. The molecule has 4 N–H and O–H groups in total. The summed E-state index contributed by atoms with van der Waals surface area (Å²) in [5, 5.41) is 32.9. The maximum Gasteiger partial charge on any atom is 0.220 e. The van der Waals surface area contributed by atoms with E-state index in [4.69, 9.17) is 0 Å². The summed E-state index contributed by atoms with van der Waals surface area (Å²) < 4.78 is 0. The van der Waals surface area contributed by atoms with Crippen molar-refractivity contribution in [1.29, 1.82) is 0 Å². The van der Waals surface area contributed by atoms with Crippen LogP contribution in [0.4, 0.5) is 0 Å². The van der Waals surface area contributed by atoms with E-state index in [9.17, 15) is 20.1 Å². The highest BCUT2D eigenvalue weighted by Gasteiger charge is 2.26. The Bertz CT molecular complexity index is 419. The second-order valence-corrected chi connectivity index (χ2v) is 9.96. The van der Waals surface area contributed by atoms with Crippen LogP contribution < -0.4 is 5.32 Å². The number of nitrogens with one attached hydrogen (secondary N) is 1. The van der Waals surface area contributed by atoms with Crippen LogP contribution in [0.5, 0.6) is 0 Å². The van der Waals surface area contributed by atoms with Crippen LogP contribution in [-0.4, -0.2) is 46.1 Å². The Balaban J connectivity index is 3.77. The number of amides is 1. The molecule has 0 aliphatic rings. The fraction of sp³-hybridized carbons (Fsp3) is 0.964. The van der Waals surface area contributed by atoms with Gasteiger partial charge in [0, 0.05) is 6.42 Å². The van der Waals surface area contributed by atoms with Crippen molar-refractivity contribution in [3.63, 3.8) is 0 Å². The van der Waals surface area contributed by atoms with Gasteiger partial charge in [-0.05, 0) is 12.8 Å². The van der Waals surface area contributed by atoms with Gasteiger partial charge in [0.1, 0.15) is 6.10 Å². The minimum Gasteiger partial charge on any atom is -0.394 e. The molecule has 5 nitrogen and oxygen atoms in total. The molecule has 0 aromatic carbocycles. The molecule has 0 aliphatic carbocycles. The van der Waals surface area contributed by atoms with E-state index in [1.165, 1.54) is 83.5 Å². The third-order valence-electron chi connectivity index (χ3n) is 6.71. The van der Waals surface area contributed by atoms with Crippen molar-refractivity contribution in [3.8, 4) is 0 Å². The zero-order valence-electron chi connectivity index (χ0n) is 22.0. The molecule has 0 aliphatic heterocycles. The van der Waals surface area contributed by atoms with Gasteiger partial charge in [-0.15, -0.1) is 0 Å². The number of hydrogen-bond donors (Lipinski definition) is 4. The number of carbonyl (C=O) groups excluding carboxylic acids is 1. The summed E-state index contributed by atoms with van der Waals surface area (Å²) in [5.41, 5.74) is 0. The quantitative estimate of drug-likeness (QED) is 0.116. The summed E-state index contributed by atoms with van der Waals surface area (Å²) in [6.07, 6.45) is 21.9. The van der Waals surface area contributed by atoms with Gasteiger partial charge in [-0.3, -0.25) is 4.79 Å². The van der Waals surface area contributed by atoms with Gasteiger partial charge in [0.05, 0.1) is 18.8 Å². The van der Waals surface area contributed by atoms with Gasteiger partial charge in [-0.25, -0.2) is 0 Å². The minimum atomic E-state index is -1.12. The van der Waals surface area contributed by atoms with Gasteiger partial charge in [-0.2, -0.15) is 0 Å². The van der Waals surface area contributed by atoms with Gasteiger partial charge < -0.3 is 20.6 Å². The lowest BCUT2D eigenvalue weighted by Crippen LogP contribution is -2.50. The molecule has 0 bridgehead atoms. The Morgan fingerprint density at radius 3 is 1.45 bits per heavy atom. The summed E-state index contributed by atoms with van der Waals surface area (Å²) in [7, 11) is 0. The van der Waals surface area contributed by atoms with E-state index >= 15 is 0 Å². The lowest BCUT2D eigenvalue weighted by molar-refractivity contribution is -0.124. The van der Waals surface area contributed by atoms with Gasteiger partial charge in [0.25, 0.3) is 0 Å². The number of aliphatic hydroxyl groups excluding tert-OH is 3.